The van der Waals surface area contributed by atoms with Gasteiger partial charge in [0.1, 0.15) is 0 Å². The van der Waals surface area contributed by atoms with Crippen LogP contribution in [0.5, 0.6) is 0 Å². The van der Waals surface area contributed by atoms with E-state index in [0.29, 0.717) is 22.2 Å². The summed E-state index contributed by atoms with van der Waals surface area (Å²) in [7, 11) is 0. The van der Waals surface area contributed by atoms with Gasteiger partial charge < -0.3 is 10.7 Å². The molecule has 0 bridgehead atoms. The molecule has 2 rings (SSSR count). The maximum Gasteiger partial charge on any atom is 0.258 e. The van der Waals surface area contributed by atoms with Crippen LogP contribution in [0, 0.1) is 0 Å². The van der Waals surface area contributed by atoms with Crippen LogP contribution in [-0.4, -0.2) is 15.9 Å². The fraction of sp³-hybridized carbons (Fsp3) is 0. The maximum atomic E-state index is 11.7. The topological polar surface area (TPSA) is 83.8 Å². The summed E-state index contributed by atoms with van der Waals surface area (Å²) in [5.41, 5.74) is 6.41. The second-order valence-corrected chi connectivity index (χ2v) is 3.60. The molecule has 0 saturated heterocycles. The van der Waals surface area contributed by atoms with Gasteiger partial charge in [-0.15, -0.1) is 0 Å². The number of aromatic amines is 1. The predicted octanol–water partition coefficient (Wildman–Crippen LogP) is 1.90. The van der Waals surface area contributed by atoms with Crippen LogP contribution in [0.2, 0.25) is 5.02 Å². The van der Waals surface area contributed by atoms with Gasteiger partial charge >= 0.3 is 0 Å². The predicted molar refractivity (Wildman–Crippen MR) is 62.4 cm³/mol. The Balaban J connectivity index is 2.21. The van der Waals surface area contributed by atoms with Crippen LogP contribution in [0.25, 0.3) is 0 Å². The SMILES string of the molecule is Nc1cc(Cl)cc(C(=O)Nc2ncc[nH]2)c1. The van der Waals surface area contributed by atoms with Crippen molar-refractivity contribution in [2.45, 2.75) is 0 Å². The highest BCUT2D eigenvalue weighted by Gasteiger charge is 2.08. The van der Waals surface area contributed by atoms with E-state index in [4.69, 9.17) is 17.3 Å². The largest absolute Gasteiger partial charge is 0.399 e. The van der Waals surface area contributed by atoms with Crippen molar-refractivity contribution in [2.75, 3.05) is 11.1 Å². The van der Waals surface area contributed by atoms with E-state index < -0.39 is 0 Å². The fourth-order valence-electron chi connectivity index (χ4n) is 1.26. The van der Waals surface area contributed by atoms with E-state index in [0.717, 1.165) is 0 Å². The molecule has 5 nitrogen and oxygen atoms in total. The first kappa shape index (κ1) is 10.5. The third kappa shape index (κ3) is 2.32. The van der Waals surface area contributed by atoms with Crippen molar-refractivity contribution in [3.8, 4) is 0 Å². The zero-order valence-electron chi connectivity index (χ0n) is 8.20. The van der Waals surface area contributed by atoms with E-state index in [2.05, 4.69) is 15.3 Å². The molecule has 1 aromatic carbocycles. The average molecular weight is 237 g/mol. The number of aromatic nitrogens is 2. The summed E-state index contributed by atoms with van der Waals surface area (Å²) >= 11 is 5.79. The highest BCUT2D eigenvalue weighted by atomic mass is 35.5. The molecule has 0 aliphatic carbocycles. The van der Waals surface area contributed by atoms with Crippen LogP contribution in [-0.2, 0) is 0 Å². The minimum atomic E-state index is -0.316. The summed E-state index contributed by atoms with van der Waals surface area (Å²) < 4.78 is 0. The van der Waals surface area contributed by atoms with E-state index in [1.807, 2.05) is 0 Å². The first-order valence-electron chi connectivity index (χ1n) is 4.52. The van der Waals surface area contributed by atoms with E-state index in [1.54, 1.807) is 24.5 Å². The lowest BCUT2D eigenvalue weighted by atomic mass is 10.2. The van der Waals surface area contributed by atoms with E-state index in [9.17, 15) is 4.79 Å². The number of carbonyl (C=O) groups excluding carboxylic acids is 1. The number of hydrogen-bond donors (Lipinski definition) is 3. The van der Waals surface area contributed by atoms with Crippen molar-refractivity contribution in [1.29, 1.82) is 0 Å². The van der Waals surface area contributed by atoms with Gasteiger partial charge in [0.15, 0.2) is 0 Å². The molecule has 6 heteroatoms. The molecule has 4 N–H and O–H groups in total. The number of anilines is 2. The zero-order valence-corrected chi connectivity index (χ0v) is 8.95. The minimum Gasteiger partial charge on any atom is -0.399 e. The third-order valence-corrected chi connectivity index (χ3v) is 2.13. The Morgan fingerprint density at radius 2 is 2.25 bits per heavy atom. The van der Waals surface area contributed by atoms with E-state index in [-0.39, 0.29) is 5.91 Å². The molecule has 2 aromatic rings. The summed E-state index contributed by atoms with van der Waals surface area (Å²) in [6.07, 6.45) is 3.16. The summed E-state index contributed by atoms with van der Waals surface area (Å²) in [4.78, 5) is 18.4. The van der Waals surface area contributed by atoms with Crippen LogP contribution in [0.3, 0.4) is 0 Å². The van der Waals surface area contributed by atoms with Gasteiger partial charge in [-0.25, -0.2) is 4.98 Å². The van der Waals surface area contributed by atoms with Crippen LogP contribution < -0.4 is 11.1 Å². The smallest absolute Gasteiger partial charge is 0.258 e. The van der Waals surface area contributed by atoms with Gasteiger partial charge in [-0.1, -0.05) is 11.6 Å². The number of rotatable bonds is 2. The Kier molecular flexibility index (Phi) is 2.78. The lowest BCUT2D eigenvalue weighted by molar-refractivity contribution is 0.102. The Morgan fingerprint density at radius 1 is 1.44 bits per heavy atom. The number of hydrogen-bond acceptors (Lipinski definition) is 3. The van der Waals surface area contributed by atoms with Gasteiger partial charge in [0.2, 0.25) is 5.95 Å². The number of nitrogen functional groups attached to an aromatic ring is 1. The Labute approximate surface area is 96.6 Å². The molecule has 0 saturated carbocycles. The van der Waals surface area contributed by atoms with Gasteiger partial charge in [-0.3, -0.25) is 10.1 Å². The zero-order chi connectivity index (χ0) is 11.5. The van der Waals surface area contributed by atoms with Crippen molar-refractivity contribution in [1.82, 2.24) is 9.97 Å². The summed E-state index contributed by atoms with van der Waals surface area (Å²) in [6.45, 7) is 0. The van der Waals surface area contributed by atoms with Crippen molar-refractivity contribution < 1.29 is 4.79 Å². The van der Waals surface area contributed by atoms with Gasteiger partial charge in [-0.05, 0) is 18.2 Å². The molecular formula is C10H9ClN4O. The average Bonchev–Trinajstić information content (AvgIpc) is 2.68. The molecule has 0 fully saturated rings. The number of benzene rings is 1. The maximum absolute atomic E-state index is 11.7. The fourth-order valence-corrected chi connectivity index (χ4v) is 1.50. The Hall–Kier alpha value is -2.01. The van der Waals surface area contributed by atoms with Crippen molar-refractivity contribution in [3.05, 3.63) is 41.2 Å². The number of nitrogens with two attached hydrogens (primary N) is 1. The molecular weight excluding hydrogens is 228 g/mol. The second-order valence-electron chi connectivity index (χ2n) is 3.17. The van der Waals surface area contributed by atoms with Gasteiger partial charge in [0.05, 0.1) is 0 Å². The number of carbonyl (C=O) groups is 1. The number of nitrogens with one attached hydrogen (secondary N) is 2. The number of amides is 1. The third-order valence-electron chi connectivity index (χ3n) is 1.91. The Morgan fingerprint density at radius 3 is 2.88 bits per heavy atom. The van der Waals surface area contributed by atoms with Crippen LogP contribution >= 0.6 is 11.6 Å². The summed E-state index contributed by atoms with van der Waals surface area (Å²) in [6, 6.07) is 4.66. The standard InChI is InChI=1S/C10H9ClN4O/c11-7-3-6(4-8(12)5-7)9(16)15-10-13-1-2-14-10/h1-5H,12H2,(H2,13,14,15,16). The molecule has 1 heterocycles. The molecule has 0 spiro atoms. The van der Waals surface area contributed by atoms with Crippen LogP contribution in [0.1, 0.15) is 10.4 Å². The number of H-pyrrole nitrogens is 1. The molecule has 0 aliphatic rings. The summed E-state index contributed by atoms with van der Waals surface area (Å²) in [5.74, 6) is 0.0627. The van der Waals surface area contributed by atoms with Crippen molar-refractivity contribution in [2.24, 2.45) is 0 Å². The lowest BCUT2D eigenvalue weighted by Gasteiger charge is -2.03. The Bertz CT molecular complexity index is 489. The molecule has 0 aliphatic heterocycles. The molecule has 82 valence electrons. The lowest BCUT2D eigenvalue weighted by Crippen LogP contribution is -2.13. The molecule has 0 atom stereocenters. The first-order valence-corrected chi connectivity index (χ1v) is 4.90. The number of imidazole rings is 1. The molecule has 0 unspecified atom stereocenters. The van der Waals surface area contributed by atoms with E-state index >= 15 is 0 Å². The van der Waals surface area contributed by atoms with Crippen LogP contribution in [0.15, 0.2) is 30.6 Å². The minimum absolute atomic E-state index is 0.316. The molecule has 16 heavy (non-hydrogen) atoms. The quantitative estimate of drug-likeness (QED) is 0.697. The highest BCUT2D eigenvalue weighted by molar-refractivity contribution is 6.31. The molecule has 1 aromatic heterocycles. The van der Waals surface area contributed by atoms with Crippen molar-refractivity contribution >= 4 is 29.1 Å². The second kappa shape index (κ2) is 4.24. The van der Waals surface area contributed by atoms with E-state index in [1.165, 1.54) is 6.07 Å². The highest BCUT2D eigenvalue weighted by Crippen LogP contribution is 2.17. The first-order chi connectivity index (χ1) is 7.65. The van der Waals surface area contributed by atoms with Gasteiger partial charge in [-0.2, -0.15) is 0 Å². The van der Waals surface area contributed by atoms with Crippen molar-refractivity contribution in [3.63, 3.8) is 0 Å². The van der Waals surface area contributed by atoms with Gasteiger partial charge in [0, 0.05) is 28.7 Å². The normalized spacial score (nSPS) is 10.1. The molecule has 1 amide bonds. The number of nitrogens with zero attached hydrogens (tertiary/aromatic N) is 1. The monoisotopic (exact) mass is 236 g/mol. The molecule has 0 radical (unpaired) electrons. The van der Waals surface area contributed by atoms with Crippen LogP contribution in [0.4, 0.5) is 11.6 Å². The summed E-state index contributed by atoms with van der Waals surface area (Å²) in [5, 5.41) is 2.99. The van der Waals surface area contributed by atoms with Gasteiger partial charge in [0.25, 0.3) is 5.91 Å². The number of halogens is 1.